The lowest BCUT2D eigenvalue weighted by Gasteiger charge is -2.50. The molecule has 1 aliphatic heterocycles. The van der Waals surface area contributed by atoms with Gasteiger partial charge in [-0.1, -0.05) is 40.0 Å². The molecule has 0 aromatic rings. The maximum absolute atomic E-state index is 12.4. The summed E-state index contributed by atoms with van der Waals surface area (Å²) in [5.41, 5.74) is -0.856. The maximum Gasteiger partial charge on any atom is 0.220 e. The van der Waals surface area contributed by atoms with Crippen LogP contribution in [0.25, 0.3) is 0 Å². The van der Waals surface area contributed by atoms with Gasteiger partial charge in [0.05, 0.1) is 0 Å². The second-order valence-electron chi connectivity index (χ2n) is 9.23. The summed E-state index contributed by atoms with van der Waals surface area (Å²) in [7, 11) is 0. The maximum atomic E-state index is 12.4. The fourth-order valence-corrected chi connectivity index (χ4v) is 3.95. The van der Waals surface area contributed by atoms with Crippen LogP contribution in [0.1, 0.15) is 87.0 Å². The van der Waals surface area contributed by atoms with Crippen LogP contribution in [-0.2, 0) is 10.0 Å². The molecule has 0 spiro atoms. The van der Waals surface area contributed by atoms with Crippen LogP contribution in [0.4, 0.5) is 0 Å². The molecule has 1 heterocycles. The van der Waals surface area contributed by atoms with Crippen molar-refractivity contribution in [3.05, 3.63) is 0 Å². The molecule has 0 bridgehead atoms. The molecule has 4 nitrogen and oxygen atoms in total. The molecule has 1 radical (unpaired) electrons. The Balaban J connectivity index is 2.45. The van der Waals surface area contributed by atoms with Crippen molar-refractivity contribution < 1.29 is 10.0 Å². The third-order valence-corrected chi connectivity index (χ3v) is 4.97. The van der Waals surface area contributed by atoms with Crippen molar-refractivity contribution in [3.63, 3.8) is 0 Å². The summed E-state index contributed by atoms with van der Waals surface area (Å²) in [6.07, 6.45) is 5.57. The first-order valence-electron chi connectivity index (χ1n) is 9.21. The Labute approximate surface area is 143 Å². The normalized spacial score (nSPS) is 23.0. The van der Waals surface area contributed by atoms with Crippen LogP contribution >= 0.6 is 0 Å². The van der Waals surface area contributed by atoms with Crippen molar-refractivity contribution in [3.8, 4) is 0 Å². The van der Waals surface area contributed by atoms with Gasteiger partial charge < -0.3 is 5.32 Å². The summed E-state index contributed by atoms with van der Waals surface area (Å²) >= 11 is 0. The molecule has 23 heavy (non-hydrogen) atoms. The number of hydrogen-bond acceptors (Lipinski definition) is 2. The predicted molar refractivity (Wildman–Crippen MR) is 94.3 cm³/mol. The van der Waals surface area contributed by atoms with E-state index in [0.717, 1.165) is 12.3 Å². The van der Waals surface area contributed by atoms with Crippen LogP contribution in [0.2, 0.25) is 0 Å². The van der Waals surface area contributed by atoms with Crippen molar-refractivity contribution in [2.75, 3.05) is 0 Å². The van der Waals surface area contributed by atoms with Gasteiger partial charge in [-0.3, -0.25) is 4.79 Å². The average Bonchev–Trinajstić information content (AvgIpc) is 2.34. The standard InChI is InChI=1S/C19H37N2O2/c1-14(2)9-8-10-15(3)11-17(22)20-16-12-18(4,5)21(23)19(6,7)13-16/h14-16H,8-13H2,1-7H3,(H,20,22)/t15-/m0/s1. The molecular formula is C19H37N2O2. The molecule has 4 heteroatoms. The van der Waals surface area contributed by atoms with Crippen molar-refractivity contribution in [1.82, 2.24) is 10.4 Å². The zero-order valence-corrected chi connectivity index (χ0v) is 16.2. The third-order valence-electron chi connectivity index (χ3n) is 4.97. The van der Waals surface area contributed by atoms with Gasteiger partial charge in [0.1, 0.15) is 0 Å². The lowest BCUT2D eigenvalue weighted by Crippen LogP contribution is -2.62. The minimum Gasteiger partial charge on any atom is -0.353 e. The number of amides is 1. The molecule has 0 aromatic heterocycles. The third kappa shape index (κ3) is 6.42. The number of hydroxylamine groups is 2. The minimum atomic E-state index is -0.428. The van der Waals surface area contributed by atoms with E-state index in [1.165, 1.54) is 17.9 Å². The number of nitrogens with zero attached hydrogens (tertiary/aromatic N) is 1. The number of rotatable bonds is 7. The van der Waals surface area contributed by atoms with Gasteiger partial charge in [0.25, 0.3) is 0 Å². The molecule has 1 fully saturated rings. The Hall–Kier alpha value is -0.610. The van der Waals surface area contributed by atoms with Gasteiger partial charge in [0.15, 0.2) is 0 Å². The summed E-state index contributed by atoms with van der Waals surface area (Å²) in [6.45, 7) is 14.5. The minimum absolute atomic E-state index is 0.0977. The van der Waals surface area contributed by atoms with Gasteiger partial charge in [-0.25, -0.2) is 0 Å². The van der Waals surface area contributed by atoms with Crippen LogP contribution in [0.15, 0.2) is 0 Å². The molecule has 1 rings (SSSR count). The van der Waals surface area contributed by atoms with Crippen LogP contribution in [0, 0.1) is 11.8 Å². The second kappa shape index (κ2) is 7.98. The van der Waals surface area contributed by atoms with Gasteiger partial charge in [-0.05, 0) is 52.4 Å². The number of carbonyl (C=O) groups excluding carboxylic acids is 1. The van der Waals surface area contributed by atoms with E-state index < -0.39 is 11.1 Å². The highest BCUT2D eigenvalue weighted by Gasteiger charge is 2.46. The topological polar surface area (TPSA) is 52.2 Å². The summed E-state index contributed by atoms with van der Waals surface area (Å²) in [6, 6.07) is 0.0977. The molecule has 1 N–H and O–H groups in total. The monoisotopic (exact) mass is 325 g/mol. The van der Waals surface area contributed by atoms with E-state index in [1.54, 1.807) is 0 Å². The molecule has 1 atom stereocenters. The first-order chi connectivity index (χ1) is 10.4. The zero-order chi connectivity index (χ0) is 17.8. The van der Waals surface area contributed by atoms with Crippen molar-refractivity contribution in [2.24, 2.45) is 11.8 Å². The summed E-state index contributed by atoms with van der Waals surface area (Å²) in [5.74, 6) is 1.30. The predicted octanol–water partition coefficient (Wildman–Crippen LogP) is 4.32. The molecular weight excluding hydrogens is 288 g/mol. The van der Waals surface area contributed by atoms with Crippen LogP contribution in [0.5, 0.6) is 0 Å². The Kier molecular flexibility index (Phi) is 7.09. The van der Waals surface area contributed by atoms with E-state index >= 15 is 0 Å². The fourth-order valence-electron chi connectivity index (χ4n) is 3.95. The highest BCUT2D eigenvalue weighted by molar-refractivity contribution is 5.76. The number of carbonyl (C=O) groups is 1. The van der Waals surface area contributed by atoms with E-state index in [2.05, 4.69) is 26.1 Å². The van der Waals surface area contributed by atoms with Gasteiger partial charge in [0.2, 0.25) is 5.91 Å². The molecule has 135 valence electrons. The largest absolute Gasteiger partial charge is 0.353 e. The van der Waals surface area contributed by atoms with Crippen LogP contribution in [0.3, 0.4) is 0 Å². The van der Waals surface area contributed by atoms with Crippen molar-refractivity contribution in [1.29, 1.82) is 0 Å². The van der Waals surface area contributed by atoms with E-state index in [1.807, 2.05) is 27.7 Å². The summed E-state index contributed by atoms with van der Waals surface area (Å²) in [4.78, 5) is 12.3. The van der Waals surface area contributed by atoms with Crippen molar-refractivity contribution >= 4 is 5.91 Å². The fraction of sp³-hybridized carbons (Fsp3) is 0.947. The Morgan fingerprint density at radius 3 is 2.09 bits per heavy atom. The quantitative estimate of drug-likeness (QED) is 0.758. The van der Waals surface area contributed by atoms with Gasteiger partial charge in [0, 0.05) is 23.5 Å². The Morgan fingerprint density at radius 2 is 1.61 bits per heavy atom. The van der Waals surface area contributed by atoms with Gasteiger partial charge >= 0.3 is 0 Å². The van der Waals surface area contributed by atoms with Gasteiger partial charge in [-0.15, -0.1) is 10.3 Å². The lowest BCUT2D eigenvalue weighted by atomic mass is 9.79. The molecule has 1 aliphatic rings. The molecule has 0 saturated carbocycles. The summed E-state index contributed by atoms with van der Waals surface area (Å²) in [5, 5.41) is 16.7. The number of hydrogen-bond donors (Lipinski definition) is 1. The second-order valence-corrected chi connectivity index (χ2v) is 9.23. The van der Waals surface area contributed by atoms with Crippen LogP contribution in [-0.4, -0.2) is 28.1 Å². The number of piperidine rings is 1. The molecule has 0 unspecified atom stereocenters. The zero-order valence-electron chi connectivity index (χ0n) is 16.2. The first-order valence-corrected chi connectivity index (χ1v) is 9.21. The van der Waals surface area contributed by atoms with Crippen LogP contribution < -0.4 is 5.32 Å². The molecule has 0 aliphatic carbocycles. The van der Waals surface area contributed by atoms with E-state index in [0.29, 0.717) is 25.2 Å². The molecule has 1 saturated heterocycles. The van der Waals surface area contributed by atoms with E-state index in [4.69, 9.17) is 0 Å². The lowest BCUT2D eigenvalue weighted by molar-refractivity contribution is -0.290. The number of nitrogens with one attached hydrogen (secondary N) is 1. The average molecular weight is 326 g/mol. The molecule has 1 amide bonds. The van der Waals surface area contributed by atoms with Gasteiger partial charge in [-0.2, -0.15) is 0 Å². The highest BCUT2D eigenvalue weighted by atomic mass is 16.5. The Morgan fingerprint density at radius 1 is 1.09 bits per heavy atom. The summed E-state index contributed by atoms with van der Waals surface area (Å²) < 4.78 is 0. The van der Waals surface area contributed by atoms with Crippen molar-refractivity contribution in [2.45, 2.75) is 104 Å². The SMILES string of the molecule is CC(C)CCC[C@H](C)CC(=O)NC1CC(C)(C)N([O])C(C)(C)C1. The Bertz CT molecular complexity index is 373. The van der Waals surface area contributed by atoms with E-state index in [-0.39, 0.29) is 11.9 Å². The highest BCUT2D eigenvalue weighted by Crippen LogP contribution is 2.37. The van der Waals surface area contributed by atoms with E-state index in [9.17, 15) is 10.0 Å². The smallest absolute Gasteiger partial charge is 0.220 e. The first kappa shape index (κ1) is 20.4. The molecule has 0 aromatic carbocycles.